The smallest absolute Gasteiger partial charge is 0.273 e. The number of imide groups is 2. The number of anilines is 1. The SMILES string of the molecule is Cc1cc(C)cc(Cc2ccc(Cl)cc2/C=C2\C(=O)NC(=O)N(c3cccc(C)c3C)C2=O)c1. The fraction of sp³-hybridized carbons (Fsp3) is 0.179. The number of barbiturate groups is 1. The van der Waals surface area contributed by atoms with Gasteiger partial charge in [0.05, 0.1) is 5.69 Å². The van der Waals surface area contributed by atoms with Crippen molar-refractivity contribution in [2.45, 2.75) is 34.1 Å². The summed E-state index contributed by atoms with van der Waals surface area (Å²) in [4.78, 5) is 39.8. The number of aryl methyl sites for hydroxylation is 3. The minimum absolute atomic E-state index is 0.121. The van der Waals surface area contributed by atoms with Crippen molar-refractivity contribution in [3.63, 3.8) is 0 Å². The predicted octanol–water partition coefficient (Wildman–Crippen LogP) is 5.83. The van der Waals surface area contributed by atoms with E-state index in [-0.39, 0.29) is 5.57 Å². The van der Waals surface area contributed by atoms with Gasteiger partial charge in [-0.2, -0.15) is 0 Å². The molecule has 6 heteroatoms. The second-order valence-electron chi connectivity index (χ2n) is 8.69. The summed E-state index contributed by atoms with van der Waals surface area (Å²) in [7, 11) is 0. The highest BCUT2D eigenvalue weighted by molar-refractivity contribution is 6.39. The molecular formula is C28H25ClN2O3. The van der Waals surface area contributed by atoms with Gasteiger partial charge in [0.1, 0.15) is 5.57 Å². The molecule has 1 fully saturated rings. The molecule has 1 aliphatic heterocycles. The third kappa shape index (κ3) is 4.66. The molecule has 0 aromatic heterocycles. The zero-order chi connectivity index (χ0) is 24.6. The van der Waals surface area contributed by atoms with Crippen LogP contribution in [0.25, 0.3) is 6.08 Å². The van der Waals surface area contributed by atoms with Gasteiger partial charge in [-0.25, -0.2) is 9.69 Å². The van der Waals surface area contributed by atoms with Crippen LogP contribution >= 0.6 is 11.6 Å². The molecule has 4 rings (SSSR count). The summed E-state index contributed by atoms with van der Waals surface area (Å²) >= 11 is 6.27. The van der Waals surface area contributed by atoms with E-state index in [1.54, 1.807) is 24.3 Å². The summed E-state index contributed by atoms with van der Waals surface area (Å²) in [5, 5.41) is 2.79. The van der Waals surface area contributed by atoms with Gasteiger partial charge in [0, 0.05) is 5.02 Å². The molecule has 34 heavy (non-hydrogen) atoms. The van der Waals surface area contributed by atoms with Crippen LogP contribution in [0.3, 0.4) is 0 Å². The first kappa shape index (κ1) is 23.5. The van der Waals surface area contributed by atoms with E-state index in [1.807, 2.05) is 39.8 Å². The molecule has 3 aromatic carbocycles. The van der Waals surface area contributed by atoms with Crippen molar-refractivity contribution < 1.29 is 14.4 Å². The minimum Gasteiger partial charge on any atom is -0.273 e. The van der Waals surface area contributed by atoms with Gasteiger partial charge in [-0.05, 0) is 86.2 Å². The molecule has 4 amide bonds. The molecular weight excluding hydrogens is 448 g/mol. The van der Waals surface area contributed by atoms with Crippen LogP contribution in [0.15, 0.2) is 60.2 Å². The van der Waals surface area contributed by atoms with Crippen LogP contribution in [-0.4, -0.2) is 17.8 Å². The molecule has 0 spiro atoms. The first-order valence-electron chi connectivity index (χ1n) is 11.0. The number of urea groups is 1. The Balaban J connectivity index is 1.77. The number of rotatable bonds is 4. The van der Waals surface area contributed by atoms with Crippen LogP contribution in [0.5, 0.6) is 0 Å². The molecule has 0 bridgehead atoms. The molecule has 1 saturated heterocycles. The number of carbonyl (C=O) groups is 3. The van der Waals surface area contributed by atoms with Crippen LogP contribution in [0.2, 0.25) is 5.02 Å². The fourth-order valence-electron chi connectivity index (χ4n) is 4.26. The number of benzene rings is 3. The molecule has 1 aliphatic rings. The summed E-state index contributed by atoms with van der Waals surface area (Å²) in [6.45, 7) is 7.83. The highest BCUT2D eigenvalue weighted by atomic mass is 35.5. The minimum atomic E-state index is -0.762. The first-order valence-corrected chi connectivity index (χ1v) is 11.3. The monoisotopic (exact) mass is 472 g/mol. The van der Waals surface area contributed by atoms with Gasteiger partial charge in [-0.1, -0.05) is 59.1 Å². The van der Waals surface area contributed by atoms with Crippen molar-refractivity contribution in [1.82, 2.24) is 5.32 Å². The van der Waals surface area contributed by atoms with E-state index in [4.69, 9.17) is 11.6 Å². The second-order valence-corrected chi connectivity index (χ2v) is 9.13. The van der Waals surface area contributed by atoms with Gasteiger partial charge in [0.15, 0.2) is 0 Å². The Bertz CT molecular complexity index is 1350. The number of nitrogens with zero attached hydrogens (tertiary/aromatic N) is 1. The Labute approximate surface area is 204 Å². The third-order valence-electron chi connectivity index (χ3n) is 6.00. The number of hydrogen-bond acceptors (Lipinski definition) is 3. The van der Waals surface area contributed by atoms with Crippen molar-refractivity contribution in [2.24, 2.45) is 0 Å². The lowest BCUT2D eigenvalue weighted by molar-refractivity contribution is -0.122. The highest BCUT2D eigenvalue weighted by Gasteiger charge is 2.37. The van der Waals surface area contributed by atoms with E-state index >= 15 is 0 Å². The summed E-state index contributed by atoms with van der Waals surface area (Å²) in [6.07, 6.45) is 2.13. The van der Waals surface area contributed by atoms with Crippen LogP contribution in [0.4, 0.5) is 10.5 Å². The van der Waals surface area contributed by atoms with Crippen molar-refractivity contribution in [1.29, 1.82) is 0 Å². The van der Waals surface area contributed by atoms with Gasteiger partial charge < -0.3 is 0 Å². The van der Waals surface area contributed by atoms with Gasteiger partial charge >= 0.3 is 6.03 Å². The Kier molecular flexibility index (Phi) is 6.40. The van der Waals surface area contributed by atoms with Crippen molar-refractivity contribution in [3.8, 4) is 0 Å². The summed E-state index contributed by atoms with van der Waals surface area (Å²) in [6, 6.07) is 16.3. The Morgan fingerprint density at radius 2 is 1.62 bits per heavy atom. The lowest BCUT2D eigenvalue weighted by atomic mass is 9.95. The lowest BCUT2D eigenvalue weighted by Crippen LogP contribution is -2.54. The molecule has 172 valence electrons. The average molecular weight is 473 g/mol. The van der Waals surface area contributed by atoms with E-state index in [2.05, 4.69) is 23.5 Å². The second kappa shape index (κ2) is 9.27. The summed E-state index contributed by atoms with van der Waals surface area (Å²) < 4.78 is 0. The molecule has 0 unspecified atom stereocenters. The topological polar surface area (TPSA) is 66.5 Å². The lowest BCUT2D eigenvalue weighted by Gasteiger charge is -2.28. The van der Waals surface area contributed by atoms with Crippen molar-refractivity contribution in [2.75, 3.05) is 4.90 Å². The standard InChI is InChI=1S/C28H25ClN2O3/c1-16-10-17(2)12-20(11-16)13-21-8-9-23(29)14-22(21)15-24-26(32)30-28(34)31(27(24)33)25-7-5-6-18(3)19(25)4/h5-12,14-15H,13H2,1-4H3,(H,30,32,34)/b24-15+. The van der Waals surface area contributed by atoms with Crippen LogP contribution in [0.1, 0.15) is 38.9 Å². The number of hydrogen-bond donors (Lipinski definition) is 1. The molecule has 0 atom stereocenters. The molecule has 1 N–H and O–H groups in total. The number of carbonyl (C=O) groups excluding carboxylic acids is 3. The van der Waals surface area contributed by atoms with E-state index in [9.17, 15) is 14.4 Å². The van der Waals surface area contributed by atoms with E-state index < -0.39 is 17.8 Å². The van der Waals surface area contributed by atoms with E-state index in [1.165, 1.54) is 6.08 Å². The molecule has 3 aromatic rings. The molecule has 0 radical (unpaired) electrons. The van der Waals surface area contributed by atoms with Gasteiger partial charge in [0.2, 0.25) is 0 Å². The molecule has 0 saturated carbocycles. The Morgan fingerprint density at radius 3 is 2.32 bits per heavy atom. The largest absolute Gasteiger partial charge is 0.335 e. The van der Waals surface area contributed by atoms with Crippen molar-refractivity contribution in [3.05, 3.63) is 104 Å². The first-order chi connectivity index (χ1) is 16.1. The van der Waals surface area contributed by atoms with Crippen molar-refractivity contribution >= 4 is 41.2 Å². The number of halogens is 1. The molecule has 5 nitrogen and oxygen atoms in total. The average Bonchev–Trinajstić information content (AvgIpc) is 2.75. The fourth-order valence-corrected chi connectivity index (χ4v) is 4.44. The van der Waals surface area contributed by atoms with Gasteiger partial charge in [-0.3, -0.25) is 14.9 Å². The number of amides is 4. The van der Waals surface area contributed by atoms with E-state index in [0.717, 1.165) is 38.3 Å². The van der Waals surface area contributed by atoms with Gasteiger partial charge in [0.25, 0.3) is 11.8 Å². The van der Waals surface area contributed by atoms with E-state index in [0.29, 0.717) is 22.7 Å². The predicted molar refractivity (Wildman–Crippen MR) is 135 cm³/mol. The van der Waals surface area contributed by atoms with Crippen LogP contribution in [-0.2, 0) is 16.0 Å². The third-order valence-corrected chi connectivity index (χ3v) is 6.24. The highest BCUT2D eigenvalue weighted by Crippen LogP contribution is 2.28. The van der Waals surface area contributed by atoms with Crippen LogP contribution in [0, 0.1) is 27.7 Å². The Hall–Kier alpha value is -3.70. The molecule has 1 heterocycles. The zero-order valence-electron chi connectivity index (χ0n) is 19.5. The maximum Gasteiger partial charge on any atom is 0.335 e. The van der Waals surface area contributed by atoms with Gasteiger partial charge in [-0.15, -0.1) is 0 Å². The zero-order valence-corrected chi connectivity index (χ0v) is 20.3. The number of nitrogens with one attached hydrogen (secondary N) is 1. The summed E-state index contributed by atoms with van der Waals surface area (Å²) in [5.41, 5.74) is 7.06. The molecule has 0 aliphatic carbocycles. The van der Waals surface area contributed by atoms with Crippen LogP contribution < -0.4 is 10.2 Å². The normalized spacial score (nSPS) is 15.1. The quantitative estimate of drug-likeness (QED) is 0.383. The maximum atomic E-state index is 13.4. The Morgan fingerprint density at radius 1 is 0.912 bits per heavy atom. The maximum absolute atomic E-state index is 13.4. The summed E-state index contributed by atoms with van der Waals surface area (Å²) in [5.74, 6) is -1.39.